The van der Waals surface area contributed by atoms with Gasteiger partial charge in [0.1, 0.15) is 15.7 Å². The molecule has 0 saturated carbocycles. The fourth-order valence-corrected chi connectivity index (χ4v) is 3.38. The fraction of sp³-hybridized carbons (Fsp3) is 0.267. The molecule has 0 aliphatic carbocycles. The van der Waals surface area contributed by atoms with E-state index in [1.165, 1.54) is 12.3 Å². The van der Waals surface area contributed by atoms with Gasteiger partial charge >= 0.3 is 0 Å². The van der Waals surface area contributed by atoms with Gasteiger partial charge in [-0.2, -0.15) is 0 Å². The van der Waals surface area contributed by atoms with Crippen LogP contribution in [-0.2, 0) is 4.79 Å². The average molecular weight is 319 g/mol. The summed E-state index contributed by atoms with van der Waals surface area (Å²) in [6.07, 6.45) is 2.03. The average Bonchev–Trinajstić information content (AvgIpc) is 3.17. The van der Waals surface area contributed by atoms with E-state index >= 15 is 0 Å². The molecule has 5 nitrogen and oxygen atoms in total. The Hall–Kier alpha value is -2.28. The highest BCUT2D eigenvalue weighted by molar-refractivity contribution is 7.16. The van der Waals surface area contributed by atoms with Crippen LogP contribution in [0.5, 0.6) is 0 Å². The molecule has 0 spiro atoms. The predicted molar refractivity (Wildman–Crippen MR) is 80.7 cm³/mol. The summed E-state index contributed by atoms with van der Waals surface area (Å²) < 4.78 is 13.7. The Balaban J connectivity index is 1.78. The molecule has 3 rings (SSSR count). The zero-order valence-electron chi connectivity index (χ0n) is 11.7. The molecule has 1 aliphatic rings. The minimum atomic E-state index is -0.383. The van der Waals surface area contributed by atoms with Crippen molar-refractivity contribution in [2.45, 2.75) is 6.42 Å². The van der Waals surface area contributed by atoms with Crippen LogP contribution in [0.4, 0.5) is 4.39 Å². The van der Waals surface area contributed by atoms with Crippen molar-refractivity contribution in [2.75, 3.05) is 13.1 Å². The normalized spacial score (nSPS) is 17.7. The van der Waals surface area contributed by atoms with Crippen LogP contribution in [0.25, 0.3) is 10.6 Å². The summed E-state index contributed by atoms with van der Waals surface area (Å²) in [5, 5.41) is 0.465. The second-order valence-corrected chi connectivity index (χ2v) is 6.18. The Morgan fingerprint density at radius 1 is 1.36 bits per heavy atom. The second-order valence-electron chi connectivity index (χ2n) is 5.15. The Morgan fingerprint density at radius 2 is 2.14 bits per heavy atom. The summed E-state index contributed by atoms with van der Waals surface area (Å²) in [5.41, 5.74) is 5.65. The van der Waals surface area contributed by atoms with Crippen molar-refractivity contribution >= 4 is 23.2 Å². The van der Waals surface area contributed by atoms with E-state index in [0.717, 1.165) is 11.3 Å². The van der Waals surface area contributed by atoms with Gasteiger partial charge in [-0.15, -0.1) is 11.3 Å². The van der Waals surface area contributed by atoms with Crippen LogP contribution in [0.3, 0.4) is 0 Å². The van der Waals surface area contributed by atoms with Gasteiger partial charge in [-0.25, -0.2) is 9.37 Å². The van der Waals surface area contributed by atoms with E-state index in [1.54, 1.807) is 23.1 Å². The number of aromatic nitrogens is 1. The number of nitrogens with two attached hydrogens (primary N) is 1. The second kappa shape index (κ2) is 5.84. The highest BCUT2D eigenvalue weighted by Gasteiger charge is 2.31. The van der Waals surface area contributed by atoms with Gasteiger partial charge in [0.25, 0.3) is 5.91 Å². The Kier molecular flexibility index (Phi) is 3.89. The molecule has 1 aromatic carbocycles. The summed E-state index contributed by atoms with van der Waals surface area (Å²) in [7, 11) is 0. The quantitative estimate of drug-likeness (QED) is 0.938. The van der Waals surface area contributed by atoms with Crippen molar-refractivity contribution < 1.29 is 14.0 Å². The van der Waals surface area contributed by atoms with Gasteiger partial charge in [0.2, 0.25) is 5.91 Å². The lowest BCUT2D eigenvalue weighted by Crippen LogP contribution is -2.31. The molecule has 1 aliphatic heterocycles. The molecular weight excluding hydrogens is 305 g/mol. The van der Waals surface area contributed by atoms with Gasteiger partial charge in [0, 0.05) is 18.7 Å². The van der Waals surface area contributed by atoms with Gasteiger partial charge in [-0.1, -0.05) is 12.1 Å². The summed E-state index contributed by atoms with van der Waals surface area (Å²) in [6, 6.07) is 6.31. The summed E-state index contributed by atoms with van der Waals surface area (Å²) >= 11 is 1.15. The molecule has 1 saturated heterocycles. The Labute approximate surface area is 130 Å². The molecule has 114 valence electrons. The number of thiazole rings is 1. The van der Waals surface area contributed by atoms with Gasteiger partial charge < -0.3 is 10.6 Å². The van der Waals surface area contributed by atoms with Crippen LogP contribution < -0.4 is 5.73 Å². The third-order valence-electron chi connectivity index (χ3n) is 3.70. The number of hydrogen-bond acceptors (Lipinski definition) is 4. The van der Waals surface area contributed by atoms with Crippen LogP contribution in [-0.4, -0.2) is 34.8 Å². The van der Waals surface area contributed by atoms with Crippen molar-refractivity contribution in [3.8, 4) is 10.6 Å². The maximum atomic E-state index is 13.7. The van der Waals surface area contributed by atoms with Crippen molar-refractivity contribution in [2.24, 2.45) is 11.7 Å². The molecular formula is C15H14FN3O2S. The molecule has 22 heavy (non-hydrogen) atoms. The van der Waals surface area contributed by atoms with E-state index in [0.29, 0.717) is 35.0 Å². The lowest BCUT2D eigenvalue weighted by atomic mass is 10.1. The van der Waals surface area contributed by atoms with Gasteiger partial charge in [0.05, 0.1) is 12.1 Å². The van der Waals surface area contributed by atoms with E-state index in [2.05, 4.69) is 4.98 Å². The molecule has 1 aromatic heterocycles. The monoisotopic (exact) mass is 319 g/mol. The van der Waals surface area contributed by atoms with Crippen LogP contribution >= 0.6 is 11.3 Å². The number of primary amides is 1. The van der Waals surface area contributed by atoms with E-state index < -0.39 is 0 Å². The van der Waals surface area contributed by atoms with Gasteiger partial charge in [0.15, 0.2) is 0 Å². The molecule has 2 aromatic rings. The zero-order valence-corrected chi connectivity index (χ0v) is 12.5. The van der Waals surface area contributed by atoms with Crippen LogP contribution in [0.1, 0.15) is 16.1 Å². The topological polar surface area (TPSA) is 76.3 Å². The SMILES string of the molecule is NC(=O)[C@H]1CCN(C(=O)c2cnc(-c3ccccc3F)s2)C1. The van der Waals surface area contributed by atoms with Gasteiger partial charge in [-0.05, 0) is 18.6 Å². The fourth-order valence-electron chi connectivity index (χ4n) is 2.46. The molecule has 0 radical (unpaired) electrons. The van der Waals surface area contributed by atoms with E-state index in [9.17, 15) is 14.0 Å². The minimum absolute atomic E-state index is 0.191. The summed E-state index contributed by atoms with van der Waals surface area (Å²) in [6.45, 7) is 0.834. The van der Waals surface area contributed by atoms with Crippen molar-refractivity contribution in [3.05, 3.63) is 41.2 Å². The zero-order chi connectivity index (χ0) is 15.7. The lowest BCUT2D eigenvalue weighted by Gasteiger charge is -2.14. The summed E-state index contributed by atoms with van der Waals surface area (Å²) in [4.78, 5) is 29.7. The largest absolute Gasteiger partial charge is 0.369 e. The van der Waals surface area contributed by atoms with Crippen molar-refractivity contribution in [1.29, 1.82) is 0 Å². The van der Waals surface area contributed by atoms with Gasteiger partial charge in [-0.3, -0.25) is 9.59 Å². The number of benzene rings is 1. The first kappa shape index (κ1) is 14.6. The maximum absolute atomic E-state index is 13.7. The molecule has 2 heterocycles. The number of nitrogens with zero attached hydrogens (tertiary/aromatic N) is 2. The van der Waals surface area contributed by atoms with E-state index in [4.69, 9.17) is 5.73 Å². The first-order valence-electron chi connectivity index (χ1n) is 6.85. The minimum Gasteiger partial charge on any atom is -0.369 e. The number of likely N-dealkylation sites (tertiary alicyclic amines) is 1. The van der Waals surface area contributed by atoms with E-state index in [-0.39, 0.29) is 23.5 Å². The number of carbonyl (C=O) groups is 2. The highest BCUT2D eigenvalue weighted by atomic mass is 32.1. The van der Waals surface area contributed by atoms with Crippen molar-refractivity contribution in [1.82, 2.24) is 9.88 Å². The van der Waals surface area contributed by atoms with Crippen LogP contribution in [0.15, 0.2) is 30.5 Å². The number of rotatable bonds is 3. The number of carbonyl (C=O) groups excluding carboxylic acids is 2. The first-order chi connectivity index (χ1) is 10.6. The van der Waals surface area contributed by atoms with Crippen molar-refractivity contribution in [3.63, 3.8) is 0 Å². The molecule has 0 unspecified atom stereocenters. The number of amides is 2. The third-order valence-corrected chi connectivity index (χ3v) is 4.72. The molecule has 7 heteroatoms. The number of halogens is 1. The molecule has 2 amide bonds. The predicted octanol–water partition coefficient (Wildman–Crippen LogP) is 1.90. The molecule has 1 fully saturated rings. The van der Waals surface area contributed by atoms with Crippen LogP contribution in [0, 0.1) is 11.7 Å². The smallest absolute Gasteiger partial charge is 0.265 e. The first-order valence-corrected chi connectivity index (χ1v) is 7.67. The molecule has 2 N–H and O–H groups in total. The summed E-state index contributed by atoms with van der Waals surface area (Å²) in [5.74, 6) is -1.23. The molecule has 1 atom stereocenters. The lowest BCUT2D eigenvalue weighted by molar-refractivity contribution is -0.121. The Morgan fingerprint density at radius 3 is 2.82 bits per heavy atom. The standard InChI is InChI=1S/C15H14FN3O2S/c16-11-4-2-1-3-10(11)14-18-7-12(22-14)15(21)19-6-5-9(8-19)13(17)20/h1-4,7,9H,5-6,8H2,(H2,17,20)/t9-/m0/s1. The Bertz CT molecular complexity index is 731. The highest BCUT2D eigenvalue weighted by Crippen LogP contribution is 2.29. The molecule has 0 bridgehead atoms. The third kappa shape index (κ3) is 2.71. The van der Waals surface area contributed by atoms with Crippen LogP contribution in [0.2, 0.25) is 0 Å². The maximum Gasteiger partial charge on any atom is 0.265 e. The number of hydrogen-bond donors (Lipinski definition) is 1. The van der Waals surface area contributed by atoms with E-state index in [1.807, 2.05) is 0 Å².